The van der Waals surface area contributed by atoms with Gasteiger partial charge in [0.05, 0.1) is 11.0 Å². The van der Waals surface area contributed by atoms with Gasteiger partial charge in [-0.2, -0.15) is 0 Å². The van der Waals surface area contributed by atoms with Crippen molar-refractivity contribution >= 4 is 21.8 Å². The molecule has 0 N–H and O–H groups in total. The molecule has 7 aromatic carbocycles. The zero-order chi connectivity index (χ0) is 38.6. The molecule has 1 atom stereocenters. The monoisotopic (exact) mass is 741 g/mol. The van der Waals surface area contributed by atoms with Crippen molar-refractivity contribution in [2.24, 2.45) is 0 Å². The Labute approximate surface area is 336 Å². The second-order valence-corrected chi connectivity index (χ2v) is 15.0. The minimum atomic E-state index is -0.281. The first-order valence-electron chi connectivity index (χ1n) is 19.6. The third kappa shape index (κ3) is 5.51. The minimum Gasteiger partial charge on any atom is -0.254 e. The molecule has 0 radical (unpaired) electrons. The molecular formula is C53H35N5. The number of nitrogens with zero attached hydrogens (tertiary/aromatic N) is 5. The molecule has 0 bridgehead atoms. The number of aromatic nitrogens is 5. The predicted molar refractivity (Wildman–Crippen MR) is 235 cm³/mol. The molecule has 0 saturated heterocycles. The number of hydrogen-bond acceptors (Lipinski definition) is 5. The second kappa shape index (κ2) is 13.5. The number of fused-ring (bicyclic) bond motifs is 6. The summed E-state index contributed by atoms with van der Waals surface area (Å²) in [6.45, 7) is 2.36. The van der Waals surface area contributed by atoms with E-state index in [4.69, 9.17) is 24.9 Å². The maximum absolute atomic E-state index is 5.18. The Morgan fingerprint density at radius 2 is 0.931 bits per heavy atom. The van der Waals surface area contributed by atoms with E-state index in [9.17, 15) is 0 Å². The molecule has 1 unspecified atom stereocenters. The number of pyridine rings is 2. The van der Waals surface area contributed by atoms with Crippen molar-refractivity contribution in [1.82, 2.24) is 24.9 Å². The zero-order valence-electron chi connectivity index (χ0n) is 31.7. The van der Waals surface area contributed by atoms with Gasteiger partial charge in [0.25, 0.3) is 0 Å². The standard InChI is InChI=1S/C53H35N5/c1-53(41-20-9-4-10-21-41)46-24-12-11-22-42(46)45-32-36(25-26-47(45)53)38-29-39(44-33-37-19-13-27-54-48(37)49-43(44)23-14-28-55-49)31-40(30-38)52-57-50(34-15-5-2-6-16-34)56-51(58-52)35-17-7-3-8-18-35/h2-33H,1H3. The van der Waals surface area contributed by atoms with Crippen molar-refractivity contribution < 1.29 is 0 Å². The van der Waals surface area contributed by atoms with E-state index in [0.717, 1.165) is 60.8 Å². The van der Waals surface area contributed by atoms with Crippen LogP contribution < -0.4 is 0 Å². The van der Waals surface area contributed by atoms with Crippen LogP contribution in [0.3, 0.4) is 0 Å². The normalized spacial score (nSPS) is 14.4. The number of rotatable bonds is 6. The summed E-state index contributed by atoms with van der Waals surface area (Å²) in [4.78, 5) is 24.9. The van der Waals surface area contributed by atoms with Gasteiger partial charge in [-0.1, -0.05) is 140 Å². The minimum absolute atomic E-state index is 0.281. The van der Waals surface area contributed by atoms with Crippen LogP contribution in [0.2, 0.25) is 0 Å². The van der Waals surface area contributed by atoms with E-state index in [1.165, 1.54) is 27.8 Å². The molecule has 0 saturated carbocycles. The average molecular weight is 742 g/mol. The fourth-order valence-corrected chi connectivity index (χ4v) is 8.80. The lowest BCUT2D eigenvalue weighted by Gasteiger charge is -2.28. The molecule has 272 valence electrons. The molecule has 0 aliphatic heterocycles. The van der Waals surface area contributed by atoms with E-state index in [1.807, 2.05) is 85.2 Å². The fourth-order valence-electron chi connectivity index (χ4n) is 8.80. The molecule has 0 spiro atoms. The third-order valence-corrected chi connectivity index (χ3v) is 11.7. The summed E-state index contributed by atoms with van der Waals surface area (Å²) in [5.74, 6) is 1.85. The molecule has 5 nitrogen and oxygen atoms in total. The zero-order valence-corrected chi connectivity index (χ0v) is 31.7. The van der Waals surface area contributed by atoms with E-state index in [-0.39, 0.29) is 5.41 Å². The lowest BCUT2D eigenvalue weighted by molar-refractivity contribution is 0.714. The molecule has 1 aliphatic rings. The molecule has 0 fully saturated rings. The fraction of sp³-hybridized carbons (Fsp3) is 0.0377. The molecule has 58 heavy (non-hydrogen) atoms. The Balaban J connectivity index is 1.17. The number of hydrogen-bond donors (Lipinski definition) is 0. The Kier molecular flexibility index (Phi) is 7.86. The maximum atomic E-state index is 5.18. The first kappa shape index (κ1) is 33.7. The van der Waals surface area contributed by atoms with Gasteiger partial charge in [-0.25, -0.2) is 15.0 Å². The molecule has 1 aliphatic carbocycles. The lowest BCUT2D eigenvalue weighted by atomic mass is 9.74. The first-order chi connectivity index (χ1) is 28.6. The molecule has 3 heterocycles. The molecule has 0 amide bonds. The van der Waals surface area contributed by atoms with Gasteiger partial charge < -0.3 is 0 Å². The molecule has 3 aromatic heterocycles. The van der Waals surface area contributed by atoms with E-state index in [1.54, 1.807) is 0 Å². The van der Waals surface area contributed by atoms with Crippen LogP contribution in [-0.2, 0) is 5.41 Å². The second-order valence-electron chi connectivity index (χ2n) is 15.0. The van der Waals surface area contributed by atoms with Crippen LogP contribution in [0, 0.1) is 0 Å². The van der Waals surface area contributed by atoms with Gasteiger partial charge in [0.2, 0.25) is 0 Å². The summed E-state index contributed by atoms with van der Waals surface area (Å²) in [5, 5.41) is 2.06. The van der Waals surface area contributed by atoms with Crippen LogP contribution in [0.1, 0.15) is 23.6 Å². The highest BCUT2D eigenvalue weighted by atomic mass is 15.0. The number of benzene rings is 7. The van der Waals surface area contributed by atoms with Crippen LogP contribution >= 0.6 is 0 Å². The van der Waals surface area contributed by atoms with E-state index in [2.05, 4.69) is 116 Å². The van der Waals surface area contributed by atoms with Crippen LogP contribution in [0.25, 0.3) is 89.4 Å². The molecule has 10 aromatic rings. The SMILES string of the molecule is CC1(c2ccccc2)c2ccccc2-c2cc(-c3cc(-c4nc(-c5ccccc5)nc(-c5ccccc5)n4)cc(-c4cc5cccnc5c5ncccc45)c3)ccc21. The van der Waals surface area contributed by atoms with Crippen molar-refractivity contribution in [2.45, 2.75) is 12.3 Å². The van der Waals surface area contributed by atoms with Crippen molar-refractivity contribution in [1.29, 1.82) is 0 Å². The smallest absolute Gasteiger partial charge is 0.164 e. The van der Waals surface area contributed by atoms with Gasteiger partial charge in [-0.05, 0) is 99.5 Å². The summed E-state index contributed by atoms with van der Waals surface area (Å²) < 4.78 is 0. The van der Waals surface area contributed by atoms with Crippen LogP contribution in [0.5, 0.6) is 0 Å². The van der Waals surface area contributed by atoms with Crippen molar-refractivity contribution in [3.8, 4) is 67.5 Å². The van der Waals surface area contributed by atoms with Gasteiger partial charge in [-0.15, -0.1) is 0 Å². The van der Waals surface area contributed by atoms with E-state index >= 15 is 0 Å². The summed E-state index contributed by atoms with van der Waals surface area (Å²) in [5.41, 5.74) is 14.9. The van der Waals surface area contributed by atoms with Gasteiger partial charge in [0.1, 0.15) is 0 Å². The van der Waals surface area contributed by atoms with Crippen molar-refractivity contribution in [3.05, 3.63) is 211 Å². The highest BCUT2D eigenvalue weighted by Gasteiger charge is 2.40. The largest absolute Gasteiger partial charge is 0.254 e. The van der Waals surface area contributed by atoms with Gasteiger partial charge >= 0.3 is 0 Å². The van der Waals surface area contributed by atoms with Crippen LogP contribution in [0.4, 0.5) is 0 Å². The average Bonchev–Trinajstić information content (AvgIpc) is 3.57. The first-order valence-corrected chi connectivity index (χ1v) is 19.6. The Morgan fingerprint density at radius 1 is 0.362 bits per heavy atom. The quantitative estimate of drug-likeness (QED) is 0.159. The summed E-state index contributed by atoms with van der Waals surface area (Å²) >= 11 is 0. The Hall–Kier alpha value is -7.63. The van der Waals surface area contributed by atoms with Crippen molar-refractivity contribution in [3.63, 3.8) is 0 Å². The van der Waals surface area contributed by atoms with Gasteiger partial charge in [0.15, 0.2) is 17.5 Å². The van der Waals surface area contributed by atoms with Crippen LogP contribution in [-0.4, -0.2) is 24.9 Å². The third-order valence-electron chi connectivity index (χ3n) is 11.7. The van der Waals surface area contributed by atoms with Crippen LogP contribution in [0.15, 0.2) is 194 Å². The summed E-state index contributed by atoms with van der Waals surface area (Å²) in [6, 6.07) is 64.1. The van der Waals surface area contributed by atoms with Gasteiger partial charge in [0, 0.05) is 45.3 Å². The molecule has 5 heteroatoms. The maximum Gasteiger partial charge on any atom is 0.164 e. The summed E-state index contributed by atoms with van der Waals surface area (Å²) in [7, 11) is 0. The predicted octanol–water partition coefficient (Wildman–Crippen LogP) is 12.6. The topological polar surface area (TPSA) is 64.5 Å². The molecule has 11 rings (SSSR count). The van der Waals surface area contributed by atoms with Crippen molar-refractivity contribution in [2.75, 3.05) is 0 Å². The Bertz CT molecular complexity index is 3120. The highest BCUT2D eigenvalue weighted by molar-refractivity contribution is 6.10. The molecular weight excluding hydrogens is 707 g/mol. The van der Waals surface area contributed by atoms with E-state index < -0.39 is 0 Å². The highest BCUT2D eigenvalue weighted by Crippen LogP contribution is 2.53. The lowest BCUT2D eigenvalue weighted by Crippen LogP contribution is -2.22. The van der Waals surface area contributed by atoms with E-state index in [0.29, 0.717) is 17.5 Å². The Morgan fingerprint density at radius 3 is 1.66 bits per heavy atom. The summed E-state index contributed by atoms with van der Waals surface area (Å²) in [6.07, 6.45) is 3.67. The van der Waals surface area contributed by atoms with Gasteiger partial charge in [-0.3, -0.25) is 9.97 Å².